The van der Waals surface area contributed by atoms with E-state index in [2.05, 4.69) is 4.90 Å². The van der Waals surface area contributed by atoms with Gasteiger partial charge in [0.05, 0.1) is 6.67 Å². The molecule has 0 saturated carbocycles. The first-order chi connectivity index (χ1) is 17.5. The van der Waals surface area contributed by atoms with Crippen LogP contribution in [0.15, 0.2) is 66.7 Å². The monoisotopic (exact) mass is 509 g/mol. The van der Waals surface area contributed by atoms with Gasteiger partial charge in [-0.2, -0.15) is 0 Å². The third kappa shape index (κ3) is 5.34. The number of hydrogen-bond donors (Lipinski definition) is 1. The van der Waals surface area contributed by atoms with E-state index < -0.39 is 5.82 Å². The number of likely N-dealkylation sites (tertiary alicyclic amines) is 1. The zero-order valence-corrected chi connectivity index (χ0v) is 20.3. The van der Waals surface area contributed by atoms with Crippen LogP contribution in [0.1, 0.15) is 28.1 Å². The molecular weight excluding hydrogens is 484 g/mol. The number of carbonyl (C=O) groups is 1. The topological polar surface area (TPSA) is 59.0 Å². The highest BCUT2D eigenvalue weighted by molar-refractivity contribution is 7.21. The molecule has 4 aromatic rings. The molecule has 0 spiro atoms. The molecule has 1 fully saturated rings. The molecular formula is C28H25F2NO4S. The van der Waals surface area contributed by atoms with Crippen LogP contribution >= 0.6 is 11.3 Å². The number of carbonyl (C=O) groups excluding carboxylic acids is 1. The van der Waals surface area contributed by atoms with Crippen molar-refractivity contribution in [2.24, 2.45) is 0 Å². The highest BCUT2D eigenvalue weighted by atomic mass is 32.1. The number of rotatable bonds is 9. The number of aromatic hydroxyl groups is 1. The molecule has 3 aromatic carbocycles. The maximum atomic E-state index is 13.4. The Labute approximate surface area is 211 Å². The summed E-state index contributed by atoms with van der Waals surface area (Å²) >= 11 is 1.21. The van der Waals surface area contributed by atoms with Gasteiger partial charge in [-0.15, -0.1) is 11.3 Å². The second-order valence-electron chi connectivity index (χ2n) is 8.72. The minimum absolute atomic E-state index is 0.0600. The van der Waals surface area contributed by atoms with Gasteiger partial charge in [-0.1, -0.05) is 0 Å². The van der Waals surface area contributed by atoms with Gasteiger partial charge in [0.1, 0.15) is 34.0 Å². The van der Waals surface area contributed by atoms with Gasteiger partial charge < -0.3 is 14.6 Å². The quantitative estimate of drug-likeness (QED) is 0.258. The number of thiophene rings is 1. The summed E-state index contributed by atoms with van der Waals surface area (Å²) in [4.78, 5) is 15.8. The van der Waals surface area contributed by atoms with Crippen molar-refractivity contribution in [1.82, 2.24) is 4.90 Å². The van der Waals surface area contributed by atoms with Gasteiger partial charge in [0.15, 0.2) is 5.75 Å². The smallest absolute Gasteiger partial charge is 0.206 e. The number of alkyl halides is 1. The largest absolute Gasteiger partial charge is 0.508 e. The second-order valence-corrected chi connectivity index (χ2v) is 9.77. The molecule has 1 aliphatic rings. The summed E-state index contributed by atoms with van der Waals surface area (Å²) in [5, 5.41) is 10.6. The van der Waals surface area contributed by atoms with Gasteiger partial charge >= 0.3 is 0 Å². The Morgan fingerprint density at radius 3 is 2.56 bits per heavy atom. The number of nitrogens with zero attached hydrogens (tertiary/aromatic N) is 1. The van der Waals surface area contributed by atoms with Crippen LogP contribution < -0.4 is 9.47 Å². The van der Waals surface area contributed by atoms with E-state index >= 15 is 0 Å². The number of fused-ring (bicyclic) bond motifs is 1. The molecule has 1 N–H and O–H groups in total. The highest BCUT2D eigenvalue weighted by Gasteiger charge is 2.24. The fraction of sp³-hybridized carbons (Fsp3) is 0.250. The van der Waals surface area contributed by atoms with Crippen LogP contribution in [0, 0.1) is 5.82 Å². The number of halogens is 2. The van der Waals surface area contributed by atoms with Crippen LogP contribution in [0.25, 0.3) is 10.1 Å². The molecule has 0 aliphatic carbocycles. The van der Waals surface area contributed by atoms with Crippen molar-refractivity contribution in [3.8, 4) is 23.0 Å². The Kier molecular flexibility index (Phi) is 7.16. The number of hydrogen-bond acceptors (Lipinski definition) is 6. The molecule has 5 nitrogen and oxygen atoms in total. The Morgan fingerprint density at radius 1 is 1.06 bits per heavy atom. The molecule has 2 heterocycles. The molecule has 1 atom stereocenters. The molecule has 1 saturated heterocycles. The zero-order chi connectivity index (χ0) is 25.1. The normalized spacial score (nSPS) is 15.9. The van der Waals surface area contributed by atoms with Gasteiger partial charge in [0, 0.05) is 35.3 Å². The molecule has 0 amide bonds. The minimum atomic E-state index is -0.420. The minimum Gasteiger partial charge on any atom is -0.508 e. The van der Waals surface area contributed by atoms with E-state index in [-0.39, 0.29) is 24.3 Å². The van der Waals surface area contributed by atoms with Crippen LogP contribution in [0.3, 0.4) is 0 Å². The standard InChI is InChI=1S/C28H25F2NO4S/c29-13-1-14-31-15-12-23(17-31)34-21-7-9-22(10-8-21)35-27-24-11-6-20(32)16-25(24)36-28(27)26(33)18-2-4-19(30)5-3-18/h2-11,16,23,32H,1,12-15,17H2/t23-/m0/s1. The first-order valence-corrected chi connectivity index (χ1v) is 12.6. The molecule has 186 valence electrons. The van der Waals surface area contributed by atoms with Gasteiger partial charge in [-0.25, -0.2) is 4.39 Å². The first kappa shape index (κ1) is 24.2. The van der Waals surface area contributed by atoms with Crippen LogP contribution in [-0.2, 0) is 0 Å². The van der Waals surface area contributed by atoms with Crippen molar-refractivity contribution in [3.63, 3.8) is 0 Å². The van der Waals surface area contributed by atoms with E-state index in [4.69, 9.17) is 9.47 Å². The summed E-state index contributed by atoms with van der Waals surface area (Å²) in [5.74, 6) is 1.01. The summed E-state index contributed by atoms with van der Waals surface area (Å²) in [6.07, 6.45) is 1.50. The summed E-state index contributed by atoms with van der Waals surface area (Å²) in [6.45, 7) is 2.12. The molecule has 1 aliphatic heterocycles. The average Bonchev–Trinajstić information content (AvgIpc) is 3.48. The molecule has 0 unspecified atom stereocenters. The van der Waals surface area contributed by atoms with Crippen LogP contribution in [0.5, 0.6) is 23.0 Å². The van der Waals surface area contributed by atoms with Crippen molar-refractivity contribution in [1.29, 1.82) is 0 Å². The summed E-state index contributed by atoms with van der Waals surface area (Å²) in [5.41, 5.74) is 0.345. The Morgan fingerprint density at radius 2 is 1.81 bits per heavy atom. The van der Waals surface area contributed by atoms with E-state index in [1.807, 2.05) is 12.1 Å². The SMILES string of the molecule is O=C(c1ccc(F)cc1)c1sc2cc(O)ccc2c1Oc1ccc(O[C@H]2CCN(CCCF)C2)cc1. The summed E-state index contributed by atoms with van der Waals surface area (Å²) < 4.78 is 38.8. The number of ketones is 1. The second kappa shape index (κ2) is 10.6. The third-order valence-corrected chi connectivity index (χ3v) is 7.26. The van der Waals surface area contributed by atoms with Gasteiger partial charge in [-0.05, 0) is 79.6 Å². The van der Waals surface area contributed by atoms with E-state index in [0.717, 1.165) is 26.1 Å². The van der Waals surface area contributed by atoms with E-state index in [9.17, 15) is 18.7 Å². The zero-order valence-electron chi connectivity index (χ0n) is 19.5. The average molecular weight is 510 g/mol. The molecule has 5 rings (SSSR count). The molecule has 1 aromatic heterocycles. The van der Waals surface area contributed by atoms with Crippen LogP contribution in [0.4, 0.5) is 8.78 Å². The van der Waals surface area contributed by atoms with Crippen molar-refractivity contribution in [3.05, 3.63) is 83.0 Å². The van der Waals surface area contributed by atoms with Crippen molar-refractivity contribution < 1.29 is 28.2 Å². The predicted molar refractivity (Wildman–Crippen MR) is 136 cm³/mol. The number of phenols is 1. The lowest BCUT2D eigenvalue weighted by atomic mass is 10.1. The van der Waals surface area contributed by atoms with Crippen LogP contribution in [0.2, 0.25) is 0 Å². The molecule has 8 heteroatoms. The van der Waals surface area contributed by atoms with Crippen molar-refractivity contribution in [2.45, 2.75) is 18.9 Å². The van der Waals surface area contributed by atoms with Crippen LogP contribution in [-0.4, -0.2) is 48.2 Å². The summed E-state index contributed by atoms with van der Waals surface area (Å²) in [7, 11) is 0. The number of ether oxygens (including phenoxy) is 2. The fourth-order valence-corrected chi connectivity index (χ4v) is 5.45. The van der Waals surface area contributed by atoms with E-state index in [1.165, 1.54) is 35.6 Å². The highest BCUT2D eigenvalue weighted by Crippen LogP contribution is 2.43. The molecule has 0 bridgehead atoms. The lowest BCUT2D eigenvalue weighted by Crippen LogP contribution is -2.26. The summed E-state index contributed by atoms with van der Waals surface area (Å²) in [6, 6.07) is 17.4. The first-order valence-electron chi connectivity index (χ1n) is 11.8. The van der Waals surface area contributed by atoms with Gasteiger partial charge in [0.25, 0.3) is 0 Å². The maximum absolute atomic E-state index is 13.4. The lowest BCUT2D eigenvalue weighted by molar-refractivity contribution is 0.104. The Bertz CT molecular complexity index is 1350. The number of phenolic OH excluding ortho intramolecular Hbond substituents is 1. The Balaban J connectivity index is 1.35. The van der Waals surface area contributed by atoms with Crippen molar-refractivity contribution >= 4 is 27.2 Å². The fourth-order valence-electron chi connectivity index (χ4n) is 4.32. The van der Waals surface area contributed by atoms with Gasteiger partial charge in [0.2, 0.25) is 5.78 Å². The maximum Gasteiger partial charge on any atom is 0.206 e. The number of benzene rings is 3. The van der Waals surface area contributed by atoms with E-state index in [1.54, 1.807) is 30.3 Å². The molecule has 36 heavy (non-hydrogen) atoms. The predicted octanol–water partition coefficient (Wildman–Crippen LogP) is 6.58. The van der Waals surface area contributed by atoms with Gasteiger partial charge in [-0.3, -0.25) is 14.1 Å². The van der Waals surface area contributed by atoms with E-state index in [0.29, 0.717) is 44.2 Å². The van der Waals surface area contributed by atoms with Crippen molar-refractivity contribution in [2.75, 3.05) is 26.3 Å². The molecule has 0 radical (unpaired) electrons. The Hall–Kier alpha value is -3.49. The third-order valence-electron chi connectivity index (χ3n) is 6.12. The lowest BCUT2D eigenvalue weighted by Gasteiger charge is -2.16.